The topological polar surface area (TPSA) is 81.7 Å². The minimum absolute atomic E-state index is 0.0469. The van der Waals surface area contributed by atoms with Crippen LogP contribution < -0.4 is 10.1 Å². The fourth-order valence-electron chi connectivity index (χ4n) is 2.17. The van der Waals surface area contributed by atoms with E-state index in [1.807, 2.05) is 0 Å². The average molecular weight is 334 g/mol. The van der Waals surface area contributed by atoms with Crippen molar-refractivity contribution in [2.45, 2.75) is 30.3 Å². The van der Waals surface area contributed by atoms with Gasteiger partial charge in [-0.3, -0.25) is 4.79 Å². The highest BCUT2D eigenvalue weighted by Crippen LogP contribution is 2.29. The summed E-state index contributed by atoms with van der Waals surface area (Å²) >= 11 is 0. The lowest BCUT2D eigenvalue weighted by molar-refractivity contribution is -0.118. The van der Waals surface area contributed by atoms with E-state index in [1.165, 1.54) is 25.3 Å². The quantitative estimate of drug-likeness (QED) is 0.835. The van der Waals surface area contributed by atoms with E-state index in [2.05, 4.69) is 5.32 Å². The van der Waals surface area contributed by atoms with Crippen LogP contribution in [0.25, 0.3) is 0 Å². The maximum absolute atomic E-state index is 11.9. The number of rotatable bonds is 5. The molecule has 21 heavy (non-hydrogen) atoms. The Hall–Kier alpha value is -1.31. The van der Waals surface area contributed by atoms with Gasteiger partial charge in [0.1, 0.15) is 10.6 Å². The molecular formula is C13H16ClNO5S. The number of methoxy groups -OCH3 is 1. The molecule has 6 nitrogen and oxygen atoms in total. The number of carbonyl (C=O) groups excluding carboxylic acids is 1. The van der Waals surface area contributed by atoms with Crippen molar-refractivity contribution in [2.75, 3.05) is 19.0 Å². The highest BCUT2D eigenvalue weighted by molar-refractivity contribution is 8.13. The van der Waals surface area contributed by atoms with Crippen LogP contribution in [-0.2, 0) is 18.6 Å². The first kappa shape index (κ1) is 16.1. The minimum atomic E-state index is -3.89. The molecule has 1 unspecified atom stereocenters. The summed E-state index contributed by atoms with van der Waals surface area (Å²) in [7, 11) is 2.74. The van der Waals surface area contributed by atoms with E-state index in [-0.39, 0.29) is 29.1 Å². The van der Waals surface area contributed by atoms with Gasteiger partial charge >= 0.3 is 0 Å². The Morgan fingerprint density at radius 3 is 2.86 bits per heavy atom. The summed E-state index contributed by atoms with van der Waals surface area (Å²) in [5.74, 6) is -0.106. The second-order valence-electron chi connectivity index (χ2n) is 4.69. The molecule has 1 aliphatic heterocycles. The van der Waals surface area contributed by atoms with Gasteiger partial charge in [-0.15, -0.1) is 0 Å². The number of benzene rings is 1. The van der Waals surface area contributed by atoms with Crippen LogP contribution in [0.1, 0.15) is 19.3 Å². The van der Waals surface area contributed by atoms with Crippen LogP contribution in [0.5, 0.6) is 5.75 Å². The smallest absolute Gasteiger partial charge is 0.264 e. The van der Waals surface area contributed by atoms with Crippen molar-refractivity contribution in [3.8, 4) is 5.75 Å². The molecule has 116 valence electrons. The fourth-order valence-corrected chi connectivity index (χ4v) is 3.17. The van der Waals surface area contributed by atoms with E-state index in [0.717, 1.165) is 12.8 Å². The van der Waals surface area contributed by atoms with E-state index >= 15 is 0 Å². The molecule has 1 atom stereocenters. The van der Waals surface area contributed by atoms with Crippen LogP contribution in [0.2, 0.25) is 0 Å². The van der Waals surface area contributed by atoms with E-state index in [9.17, 15) is 13.2 Å². The zero-order valence-electron chi connectivity index (χ0n) is 11.5. The van der Waals surface area contributed by atoms with Crippen LogP contribution in [0.3, 0.4) is 0 Å². The number of anilines is 1. The van der Waals surface area contributed by atoms with E-state index in [0.29, 0.717) is 12.3 Å². The lowest BCUT2D eigenvalue weighted by Crippen LogP contribution is -2.19. The zero-order chi connectivity index (χ0) is 15.5. The summed E-state index contributed by atoms with van der Waals surface area (Å²) in [6.07, 6.45) is 2.07. The highest BCUT2D eigenvalue weighted by atomic mass is 35.7. The molecule has 0 spiro atoms. The summed E-state index contributed by atoms with van der Waals surface area (Å²) in [4.78, 5) is 11.7. The van der Waals surface area contributed by atoms with E-state index < -0.39 is 9.05 Å². The van der Waals surface area contributed by atoms with Crippen molar-refractivity contribution in [1.29, 1.82) is 0 Å². The maximum Gasteiger partial charge on any atom is 0.264 e. The second-order valence-corrected chi connectivity index (χ2v) is 7.23. The van der Waals surface area contributed by atoms with Gasteiger partial charge < -0.3 is 14.8 Å². The van der Waals surface area contributed by atoms with Crippen LogP contribution in [0, 0.1) is 0 Å². The standard InChI is InChI=1S/C13H16ClNO5S/c1-19-11-7-9(4-5-12(11)21(14,17)18)15-13(16)8-10-3-2-6-20-10/h4-5,7,10H,2-3,6,8H2,1H3,(H,15,16). The molecule has 0 radical (unpaired) electrons. The molecule has 0 saturated carbocycles. The van der Waals surface area contributed by atoms with Gasteiger partial charge in [-0.1, -0.05) is 0 Å². The number of ether oxygens (including phenoxy) is 2. The molecule has 1 heterocycles. The monoisotopic (exact) mass is 333 g/mol. The maximum atomic E-state index is 11.9. The number of hydrogen-bond donors (Lipinski definition) is 1. The van der Waals surface area contributed by atoms with Crippen LogP contribution in [-0.4, -0.2) is 34.1 Å². The molecule has 1 aromatic carbocycles. The molecule has 1 aromatic rings. The van der Waals surface area contributed by atoms with Gasteiger partial charge in [-0.2, -0.15) is 0 Å². The average Bonchev–Trinajstić information content (AvgIpc) is 2.89. The fraction of sp³-hybridized carbons (Fsp3) is 0.462. The van der Waals surface area contributed by atoms with Crippen LogP contribution >= 0.6 is 10.7 Å². The Morgan fingerprint density at radius 2 is 2.29 bits per heavy atom. The van der Waals surface area contributed by atoms with Crippen molar-refractivity contribution in [1.82, 2.24) is 0 Å². The third-order valence-corrected chi connectivity index (χ3v) is 4.51. The lowest BCUT2D eigenvalue weighted by atomic mass is 10.1. The van der Waals surface area contributed by atoms with Gasteiger partial charge in [0.05, 0.1) is 19.6 Å². The van der Waals surface area contributed by atoms with Crippen molar-refractivity contribution in [3.63, 3.8) is 0 Å². The Kier molecular flexibility index (Phi) is 5.08. The van der Waals surface area contributed by atoms with E-state index in [1.54, 1.807) is 0 Å². The molecule has 1 N–H and O–H groups in total. The van der Waals surface area contributed by atoms with Gasteiger partial charge in [0, 0.05) is 29.0 Å². The van der Waals surface area contributed by atoms with Gasteiger partial charge in [0.2, 0.25) is 5.91 Å². The highest BCUT2D eigenvalue weighted by Gasteiger charge is 2.20. The molecule has 1 amide bonds. The summed E-state index contributed by atoms with van der Waals surface area (Å²) in [6, 6.07) is 4.18. The van der Waals surface area contributed by atoms with Crippen molar-refractivity contribution in [2.24, 2.45) is 0 Å². The minimum Gasteiger partial charge on any atom is -0.495 e. The van der Waals surface area contributed by atoms with Gasteiger partial charge in [0.25, 0.3) is 9.05 Å². The summed E-state index contributed by atoms with van der Waals surface area (Å²) in [6.45, 7) is 0.689. The normalized spacial score (nSPS) is 18.5. The molecular weight excluding hydrogens is 318 g/mol. The van der Waals surface area contributed by atoms with E-state index in [4.69, 9.17) is 20.2 Å². The Balaban J connectivity index is 2.08. The Morgan fingerprint density at radius 1 is 1.52 bits per heavy atom. The summed E-state index contributed by atoms with van der Waals surface area (Å²) in [5.41, 5.74) is 0.443. The number of hydrogen-bond acceptors (Lipinski definition) is 5. The first-order valence-electron chi connectivity index (χ1n) is 6.44. The van der Waals surface area contributed by atoms with Gasteiger partial charge in [-0.05, 0) is 25.0 Å². The number of nitrogens with one attached hydrogen (secondary N) is 1. The lowest BCUT2D eigenvalue weighted by Gasteiger charge is -2.12. The Bertz CT molecular complexity index is 625. The largest absolute Gasteiger partial charge is 0.495 e. The van der Waals surface area contributed by atoms with Crippen molar-refractivity contribution in [3.05, 3.63) is 18.2 Å². The molecule has 1 saturated heterocycles. The summed E-state index contributed by atoms with van der Waals surface area (Å²) in [5, 5.41) is 2.69. The second kappa shape index (κ2) is 6.64. The first-order chi connectivity index (χ1) is 9.90. The molecule has 0 aliphatic carbocycles. The predicted molar refractivity (Wildman–Crippen MR) is 78.3 cm³/mol. The van der Waals surface area contributed by atoms with Crippen molar-refractivity contribution >= 4 is 31.3 Å². The van der Waals surface area contributed by atoms with Gasteiger partial charge in [-0.25, -0.2) is 8.42 Å². The number of carbonyl (C=O) groups is 1. The number of amides is 1. The molecule has 1 aliphatic rings. The van der Waals surface area contributed by atoms with Crippen molar-refractivity contribution < 1.29 is 22.7 Å². The van der Waals surface area contributed by atoms with Gasteiger partial charge in [0.15, 0.2) is 0 Å². The Labute approximate surface area is 127 Å². The zero-order valence-corrected chi connectivity index (χ0v) is 13.0. The third-order valence-electron chi connectivity index (χ3n) is 3.15. The predicted octanol–water partition coefficient (Wildman–Crippen LogP) is 2.13. The summed E-state index contributed by atoms with van der Waals surface area (Å²) < 4.78 is 33.1. The van der Waals surface area contributed by atoms with Crippen LogP contribution in [0.4, 0.5) is 5.69 Å². The first-order valence-corrected chi connectivity index (χ1v) is 8.75. The molecule has 1 fully saturated rings. The SMILES string of the molecule is COc1cc(NC(=O)CC2CCCO2)ccc1S(=O)(=O)Cl. The number of halogens is 1. The molecule has 0 aromatic heterocycles. The molecule has 0 bridgehead atoms. The third kappa shape index (κ3) is 4.33. The van der Waals surface area contributed by atoms with Crippen LogP contribution in [0.15, 0.2) is 23.1 Å². The molecule has 8 heteroatoms. The molecule has 2 rings (SSSR count).